The molecule has 0 saturated heterocycles. The molecule has 0 aromatic carbocycles. The highest BCUT2D eigenvalue weighted by Crippen LogP contribution is 2.09. The number of allylic oxidation sites excluding steroid dienone is 6. The van der Waals surface area contributed by atoms with Crippen molar-refractivity contribution in [2.75, 3.05) is 6.54 Å². The van der Waals surface area contributed by atoms with E-state index < -0.39 is 0 Å². The zero-order valence-corrected chi connectivity index (χ0v) is 12.1. The molecule has 1 aliphatic carbocycles. The van der Waals surface area contributed by atoms with Gasteiger partial charge in [-0.25, -0.2) is 0 Å². The Balaban J connectivity index is 2.23. The summed E-state index contributed by atoms with van der Waals surface area (Å²) in [6.45, 7) is 7.59. The Bertz CT molecular complexity index is 356. The molecule has 0 radical (unpaired) electrons. The predicted octanol–water partition coefficient (Wildman–Crippen LogP) is 4.89. The minimum absolute atomic E-state index is 0.965. The first-order valence-electron chi connectivity index (χ1n) is 7.14. The number of hydrogen-bond acceptors (Lipinski definition) is 1. The third-order valence-electron chi connectivity index (χ3n) is 3.15. The molecule has 0 spiro atoms. The van der Waals surface area contributed by atoms with Crippen molar-refractivity contribution in [1.29, 1.82) is 0 Å². The van der Waals surface area contributed by atoms with Gasteiger partial charge in [0.1, 0.15) is 0 Å². The maximum absolute atomic E-state index is 3.48. The Hall–Kier alpha value is -1.24. The van der Waals surface area contributed by atoms with Gasteiger partial charge in [-0.2, -0.15) is 0 Å². The lowest BCUT2D eigenvalue weighted by Gasteiger charge is -2.10. The Labute approximate surface area is 112 Å². The van der Waals surface area contributed by atoms with E-state index in [1.165, 1.54) is 36.1 Å². The van der Waals surface area contributed by atoms with E-state index in [4.69, 9.17) is 0 Å². The van der Waals surface area contributed by atoms with E-state index >= 15 is 0 Å². The van der Waals surface area contributed by atoms with Crippen LogP contribution in [0, 0.1) is 0 Å². The topological polar surface area (TPSA) is 12.0 Å². The van der Waals surface area contributed by atoms with Crippen LogP contribution in [-0.2, 0) is 0 Å². The third kappa shape index (κ3) is 6.48. The van der Waals surface area contributed by atoms with Crippen molar-refractivity contribution in [3.05, 3.63) is 47.2 Å². The number of nitrogens with one attached hydrogen (secondary N) is 1. The fourth-order valence-corrected chi connectivity index (χ4v) is 2.05. The Morgan fingerprint density at radius 3 is 2.72 bits per heavy atom. The first-order chi connectivity index (χ1) is 8.72. The molecule has 0 heterocycles. The molecule has 100 valence electrons. The maximum Gasteiger partial charge on any atom is 0.0357 e. The SMILES string of the molecule is CC/C=C(\C)CC/C=C(\C)CNC1=CCCC=C1. The van der Waals surface area contributed by atoms with Crippen molar-refractivity contribution >= 4 is 0 Å². The highest BCUT2D eigenvalue weighted by molar-refractivity contribution is 5.21. The largest absolute Gasteiger partial charge is 0.382 e. The zero-order chi connectivity index (χ0) is 13.2. The van der Waals surface area contributed by atoms with Gasteiger partial charge < -0.3 is 5.32 Å². The van der Waals surface area contributed by atoms with Gasteiger partial charge >= 0.3 is 0 Å². The normalized spacial score (nSPS) is 16.7. The second-order valence-electron chi connectivity index (χ2n) is 5.04. The molecule has 0 aromatic heterocycles. The average molecular weight is 245 g/mol. The van der Waals surface area contributed by atoms with E-state index in [0.717, 1.165) is 19.4 Å². The molecule has 0 amide bonds. The molecule has 18 heavy (non-hydrogen) atoms. The number of hydrogen-bond donors (Lipinski definition) is 1. The fourth-order valence-electron chi connectivity index (χ4n) is 2.05. The summed E-state index contributed by atoms with van der Waals surface area (Å²) < 4.78 is 0. The molecule has 1 rings (SSSR count). The highest BCUT2D eigenvalue weighted by atomic mass is 14.9. The van der Waals surface area contributed by atoms with Crippen LogP contribution in [0.4, 0.5) is 0 Å². The van der Waals surface area contributed by atoms with Gasteiger partial charge in [0.05, 0.1) is 0 Å². The van der Waals surface area contributed by atoms with Crippen molar-refractivity contribution in [3.63, 3.8) is 0 Å². The molecule has 0 bridgehead atoms. The van der Waals surface area contributed by atoms with E-state index in [2.05, 4.69) is 56.5 Å². The van der Waals surface area contributed by atoms with Crippen molar-refractivity contribution in [2.24, 2.45) is 0 Å². The third-order valence-corrected chi connectivity index (χ3v) is 3.15. The van der Waals surface area contributed by atoms with Crippen LogP contribution in [0.15, 0.2) is 47.2 Å². The molecule has 0 saturated carbocycles. The van der Waals surface area contributed by atoms with Crippen molar-refractivity contribution in [1.82, 2.24) is 5.32 Å². The van der Waals surface area contributed by atoms with E-state index in [1.54, 1.807) is 0 Å². The van der Waals surface area contributed by atoms with Crippen LogP contribution in [0.25, 0.3) is 0 Å². The first kappa shape index (κ1) is 14.8. The lowest BCUT2D eigenvalue weighted by atomic mass is 10.1. The standard InChI is InChI=1S/C17H27N/c1-4-9-15(2)10-8-11-16(3)14-18-17-12-6-5-7-13-17/h6,9,11-13,18H,4-5,7-8,10,14H2,1-3H3/b15-9+,16-11+. The van der Waals surface area contributed by atoms with Gasteiger partial charge in [-0.3, -0.25) is 0 Å². The average Bonchev–Trinajstić information content (AvgIpc) is 2.38. The zero-order valence-electron chi connectivity index (χ0n) is 12.1. The van der Waals surface area contributed by atoms with Crippen LogP contribution in [0.5, 0.6) is 0 Å². The summed E-state index contributed by atoms with van der Waals surface area (Å²) in [5.74, 6) is 0. The molecule has 0 aromatic rings. The Morgan fingerprint density at radius 1 is 1.22 bits per heavy atom. The smallest absolute Gasteiger partial charge is 0.0357 e. The van der Waals surface area contributed by atoms with Gasteiger partial charge in [0.15, 0.2) is 0 Å². The van der Waals surface area contributed by atoms with Gasteiger partial charge in [-0.1, -0.05) is 42.4 Å². The van der Waals surface area contributed by atoms with E-state index in [1.807, 2.05) is 0 Å². The predicted molar refractivity (Wildman–Crippen MR) is 81.5 cm³/mol. The minimum Gasteiger partial charge on any atom is -0.382 e. The molecular formula is C17H27N. The van der Waals surface area contributed by atoms with Gasteiger partial charge in [-0.05, 0) is 52.0 Å². The lowest BCUT2D eigenvalue weighted by Crippen LogP contribution is -2.15. The van der Waals surface area contributed by atoms with Crippen LogP contribution >= 0.6 is 0 Å². The van der Waals surface area contributed by atoms with Gasteiger partial charge in [0.25, 0.3) is 0 Å². The van der Waals surface area contributed by atoms with Gasteiger partial charge in [-0.15, -0.1) is 0 Å². The van der Waals surface area contributed by atoms with E-state index in [-0.39, 0.29) is 0 Å². The molecule has 0 unspecified atom stereocenters. The Kier molecular flexibility index (Phi) is 7.24. The second-order valence-corrected chi connectivity index (χ2v) is 5.04. The summed E-state index contributed by atoms with van der Waals surface area (Å²) in [4.78, 5) is 0. The van der Waals surface area contributed by atoms with Crippen molar-refractivity contribution < 1.29 is 0 Å². The minimum atomic E-state index is 0.965. The fraction of sp³-hybridized carbons (Fsp3) is 0.529. The van der Waals surface area contributed by atoms with E-state index in [9.17, 15) is 0 Å². The van der Waals surface area contributed by atoms with Crippen LogP contribution < -0.4 is 5.32 Å². The summed E-state index contributed by atoms with van der Waals surface area (Å²) in [7, 11) is 0. The summed E-state index contributed by atoms with van der Waals surface area (Å²) >= 11 is 0. The van der Waals surface area contributed by atoms with Crippen LogP contribution in [0.1, 0.15) is 52.9 Å². The quantitative estimate of drug-likeness (QED) is 0.629. The summed E-state index contributed by atoms with van der Waals surface area (Å²) in [6.07, 6.45) is 17.2. The molecule has 1 heteroatoms. The molecule has 0 aliphatic heterocycles. The molecule has 1 nitrogen and oxygen atoms in total. The summed E-state index contributed by atoms with van der Waals surface area (Å²) in [5.41, 5.74) is 4.21. The van der Waals surface area contributed by atoms with E-state index in [0.29, 0.717) is 0 Å². The molecular weight excluding hydrogens is 218 g/mol. The lowest BCUT2D eigenvalue weighted by molar-refractivity contribution is 0.852. The molecule has 1 aliphatic rings. The Morgan fingerprint density at radius 2 is 2.06 bits per heavy atom. The first-order valence-corrected chi connectivity index (χ1v) is 7.14. The summed E-state index contributed by atoms with van der Waals surface area (Å²) in [6, 6.07) is 0. The van der Waals surface area contributed by atoms with Crippen LogP contribution in [-0.4, -0.2) is 6.54 Å². The highest BCUT2D eigenvalue weighted by Gasteiger charge is 1.96. The monoisotopic (exact) mass is 245 g/mol. The molecule has 1 N–H and O–H groups in total. The van der Waals surface area contributed by atoms with Gasteiger partial charge in [0, 0.05) is 12.2 Å². The van der Waals surface area contributed by atoms with Crippen molar-refractivity contribution in [2.45, 2.75) is 52.9 Å². The molecule has 0 fully saturated rings. The molecule has 0 atom stereocenters. The van der Waals surface area contributed by atoms with Crippen LogP contribution in [0.2, 0.25) is 0 Å². The maximum atomic E-state index is 3.48. The van der Waals surface area contributed by atoms with Gasteiger partial charge in [0.2, 0.25) is 0 Å². The van der Waals surface area contributed by atoms with Crippen molar-refractivity contribution in [3.8, 4) is 0 Å². The summed E-state index contributed by atoms with van der Waals surface area (Å²) in [5, 5.41) is 3.48. The number of rotatable bonds is 7. The second kappa shape index (κ2) is 8.79. The van der Waals surface area contributed by atoms with Crippen LogP contribution in [0.3, 0.4) is 0 Å².